The minimum Gasteiger partial charge on any atom is -0.459 e. The molecule has 0 aliphatic carbocycles. The van der Waals surface area contributed by atoms with Crippen LogP contribution in [0.5, 0.6) is 0 Å². The van der Waals surface area contributed by atoms with Gasteiger partial charge in [-0.2, -0.15) is 0 Å². The quantitative estimate of drug-likeness (QED) is 0.384. The average molecular weight is 393 g/mol. The minimum atomic E-state index is -0.488. The maximum absolute atomic E-state index is 11.9. The van der Waals surface area contributed by atoms with Crippen molar-refractivity contribution in [1.82, 2.24) is 20.9 Å². The Hall–Kier alpha value is -2.71. The Labute approximate surface area is 165 Å². The largest absolute Gasteiger partial charge is 0.459 e. The summed E-state index contributed by atoms with van der Waals surface area (Å²) in [5.41, 5.74) is 0.333. The molecule has 1 saturated heterocycles. The molecular weight excluding hydrogens is 362 g/mol. The van der Waals surface area contributed by atoms with Crippen molar-refractivity contribution in [3.63, 3.8) is 0 Å². The van der Waals surface area contributed by atoms with Crippen molar-refractivity contribution < 1.29 is 18.7 Å². The van der Waals surface area contributed by atoms with Gasteiger partial charge in [0, 0.05) is 38.8 Å². The lowest BCUT2D eigenvalue weighted by Crippen LogP contribution is -2.63. The molecule has 0 unspecified atom stereocenters. The molecule has 0 saturated carbocycles. The van der Waals surface area contributed by atoms with Gasteiger partial charge < -0.3 is 30.0 Å². The van der Waals surface area contributed by atoms with Crippen molar-refractivity contribution in [2.75, 3.05) is 33.2 Å². The summed E-state index contributed by atoms with van der Waals surface area (Å²) in [6.07, 6.45) is 1.95. The number of carbonyl (C=O) groups is 2. The molecule has 0 bridgehead atoms. The van der Waals surface area contributed by atoms with Gasteiger partial charge in [0.2, 0.25) is 0 Å². The molecule has 0 atom stereocenters. The van der Waals surface area contributed by atoms with E-state index in [1.807, 2.05) is 27.7 Å². The third kappa shape index (κ3) is 6.47. The van der Waals surface area contributed by atoms with Crippen LogP contribution in [0.15, 0.2) is 21.7 Å². The van der Waals surface area contributed by atoms with E-state index in [1.54, 1.807) is 18.0 Å². The summed E-state index contributed by atoms with van der Waals surface area (Å²) in [4.78, 5) is 29.7. The highest BCUT2D eigenvalue weighted by molar-refractivity contribution is 5.92. The first kappa shape index (κ1) is 21.6. The first-order chi connectivity index (χ1) is 13.2. The number of nitrogens with one attached hydrogen (secondary N) is 3. The summed E-state index contributed by atoms with van der Waals surface area (Å²) in [7, 11) is 1.70. The first-order valence-corrected chi connectivity index (χ1v) is 9.47. The Kier molecular flexibility index (Phi) is 7.31. The molecule has 0 aromatic carbocycles. The zero-order chi connectivity index (χ0) is 20.7. The Bertz CT molecular complexity index is 701. The molecule has 2 rings (SSSR count). The molecule has 1 aliphatic heterocycles. The normalized spacial score (nSPS) is 15.0. The number of nitrogens with zero attached hydrogens (tertiary/aromatic N) is 2. The number of furan rings is 1. The van der Waals surface area contributed by atoms with Crippen molar-refractivity contribution in [3.8, 4) is 0 Å². The van der Waals surface area contributed by atoms with E-state index in [0.29, 0.717) is 37.9 Å². The van der Waals surface area contributed by atoms with Crippen LogP contribution in [0, 0.1) is 6.92 Å². The summed E-state index contributed by atoms with van der Waals surface area (Å²) in [5, 5.41) is 9.29. The lowest BCUT2D eigenvalue weighted by molar-refractivity contribution is 0.00700. The van der Waals surface area contributed by atoms with Gasteiger partial charge in [-0.15, -0.1) is 0 Å². The summed E-state index contributed by atoms with van der Waals surface area (Å²) in [5.74, 6) is 0.814. The fourth-order valence-corrected chi connectivity index (χ4v) is 2.62. The molecule has 2 heterocycles. The highest BCUT2D eigenvalue weighted by atomic mass is 16.6. The van der Waals surface area contributed by atoms with Crippen molar-refractivity contribution in [2.45, 2.75) is 45.8 Å². The lowest BCUT2D eigenvalue weighted by atomic mass is 10.1. The van der Waals surface area contributed by atoms with Crippen LogP contribution in [0.3, 0.4) is 0 Å². The molecule has 1 aromatic rings. The van der Waals surface area contributed by atoms with Gasteiger partial charge in [-0.1, -0.05) is 0 Å². The fraction of sp³-hybridized carbons (Fsp3) is 0.632. The van der Waals surface area contributed by atoms with Gasteiger partial charge >= 0.3 is 6.09 Å². The second kappa shape index (κ2) is 9.48. The summed E-state index contributed by atoms with van der Waals surface area (Å²) >= 11 is 0. The predicted octanol–water partition coefficient (Wildman–Crippen LogP) is 1.49. The predicted molar refractivity (Wildman–Crippen MR) is 106 cm³/mol. The van der Waals surface area contributed by atoms with Crippen LogP contribution < -0.4 is 16.0 Å². The van der Waals surface area contributed by atoms with Crippen molar-refractivity contribution in [1.29, 1.82) is 0 Å². The highest BCUT2D eigenvalue weighted by Gasteiger charge is 2.34. The van der Waals surface area contributed by atoms with Crippen LogP contribution in [0.4, 0.5) is 4.79 Å². The van der Waals surface area contributed by atoms with Gasteiger partial charge in [0.1, 0.15) is 5.60 Å². The molecule has 9 heteroatoms. The molecule has 28 heavy (non-hydrogen) atoms. The lowest BCUT2D eigenvalue weighted by Gasteiger charge is -2.40. The Morgan fingerprint density at radius 3 is 2.54 bits per heavy atom. The summed E-state index contributed by atoms with van der Waals surface area (Å²) in [6, 6.07) is 1.90. The van der Waals surface area contributed by atoms with Gasteiger partial charge in [-0.05, 0) is 40.2 Å². The SMILES string of the molecule is CN=C(NCCCNC(=O)c1occc1C)NC1CN(C(=O)OC(C)(C)C)C1. The first-order valence-electron chi connectivity index (χ1n) is 9.47. The van der Waals surface area contributed by atoms with Crippen molar-refractivity contribution in [3.05, 3.63) is 23.7 Å². The van der Waals surface area contributed by atoms with Gasteiger partial charge in [0.05, 0.1) is 12.3 Å². The van der Waals surface area contributed by atoms with E-state index in [-0.39, 0.29) is 18.0 Å². The Balaban J connectivity index is 1.59. The molecular formula is C19H31N5O4. The summed E-state index contributed by atoms with van der Waals surface area (Å²) < 4.78 is 10.5. The van der Waals surface area contributed by atoms with Crippen LogP contribution >= 0.6 is 0 Å². The smallest absolute Gasteiger partial charge is 0.410 e. The standard InChI is InChI=1S/C19H31N5O4/c1-13-7-10-27-15(13)16(25)21-8-6-9-22-17(20-5)23-14-11-24(12-14)18(26)28-19(2,3)4/h7,10,14H,6,8-9,11-12H2,1-5H3,(H,21,25)(H2,20,22,23). The molecule has 1 fully saturated rings. The Morgan fingerprint density at radius 2 is 1.96 bits per heavy atom. The average Bonchev–Trinajstić information content (AvgIpc) is 2.99. The van der Waals surface area contributed by atoms with Gasteiger partial charge in [-0.3, -0.25) is 9.79 Å². The Morgan fingerprint density at radius 1 is 1.29 bits per heavy atom. The molecule has 0 radical (unpaired) electrons. The van der Waals surface area contributed by atoms with Crippen LogP contribution in [-0.2, 0) is 4.74 Å². The van der Waals surface area contributed by atoms with Gasteiger partial charge in [-0.25, -0.2) is 4.79 Å². The van der Waals surface area contributed by atoms with Gasteiger partial charge in [0.15, 0.2) is 11.7 Å². The fourth-order valence-electron chi connectivity index (χ4n) is 2.62. The zero-order valence-electron chi connectivity index (χ0n) is 17.3. The zero-order valence-corrected chi connectivity index (χ0v) is 17.3. The number of rotatable bonds is 6. The third-order valence-electron chi connectivity index (χ3n) is 4.10. The van der Waals surface area contributed by atoms with E-state index in [1.165, 1.54) is 6.26 Å². The second-order valence-corrected chi connectivity index (χ2v) is 7.77. The number of hydrogen-bond acceptors (Lipinski definition) is 5. The van der Waals surface area contributed by atoms with Crippen LogP contribution in [0.25, 0.3) is 0 Å². The molecule has 9 nitrogen and oxygen atoms in total. The van der Waals surface area contributed by atoms with Crippen LogP contribution in [0.1, 0.15) is 43.3 Å². The van der Waals surface area contributed by atoms with E-state index in [9.17, 15) is 9.59 Å². The number of carbonyl (C=O) groups excluding carboxylic acids is 2. The monoisotopic (exact) mass is 393 g/mol. The van der Waals surface area contributed by atoms with E-state index >= 15 is 0 Å². The second-order valence-electron chi connectivity index (χ2n) is 7.77. The van der Waals surface area contributed by atoms with Crippen LogP contribution in [0.2, 0.25) is 0 Å². The van der Waals surface area contributed by atoms with Crippen molar-refractivity contribution in [2.24, 2.45) is 4.99 Å². The topological polar surface area (TPSA) is 108 Å². The number of aryl methyl sites for hydroxylation is 1. The molecule has 2 amide bonds. The third-order valence-corrected chi connectivity index (χ3v) is 4.10. The highest BCUT2D eigenvalue weighted by Crippen LogP contribution is 2.15. The maximum Gasteiger partial charge on any atom is 0.410 e. The van der Waals surface area contributed by atoms with Gasteiger partial charge in [0.25, 0.3) is 5.91 Å². The number of likely N-dealkylation sites (tertiary alicyclic amines) is 1. The van der Waals surface area contributed by atoms with E-state index in [0.717, 1.165) is 12.0 Å². The number of aliphatic imine (C=N–C) groups is 1. The number of hydrogen-bond donors (Lipinski definition) is 3. The van der Waals surface area contributed by atoms with E-state index < -0.39 is 5.60 Å². The molecule has 0 spiro atoms. The van der Waals surface area contributed by atoms with E-state index in [4.69, 9.17) is 9.15 Å². The van der Waals surface area contributed by atoms with E-state index in [2.05, 4.69) is 20.9 Å². The number of ether oxygens (including phenoxy) is 1. The number of amides is 2. The minimum absolute atomic E-state index is 0.139. The molecule has 156 valence electrons. The summed E-state index contributed by atoms with van der Waals surface area (Å²) in [6.45, 7) is 9.72. The molecule has 3 N–H and O–H groups in total. The maximum atomic E-state index is 11.9. The number of guanidine groups is 1. The molecule has 1 aliphatic rings. The van der Waals surface area contributed by atoms with Crippen molar-refractivity contribution >= 4 is 18.0 Å². The van der Waals surface area contributed by atoms with Crippen LogP contribution in [-0.4, -0.2) is 67.7 Å². The molecule has 1 aromatic heterocycles.